The number of hydrogen-bond acceptors (Lipinski definition) is 7. The number of nitrogens with zero attached hydrogens (tertiary/aromatic N) is 4. The average Bonchev–Trinajstić information content (AvgIpc) is 3.06. The van der Waals surface area contributed by atoms with Crippen LogP contribution in [0.25, 0.3) is 11.7 Å². The van der Waals surface area contributed by atoms with Crippen molar-refractivity contribution in [2.75, 3.05) is 37.7 Å². The van der Waals surface area contributed by atoms with E-state index in [0.717, 1.165) is 31.5 Å². The number of fused-ring (bicyclic) bond motifs is 1. The number of thiocarbonyl (C=S) groups is 1. The molecule has 0 saturated carbocycles. The summed E-state index contributed by atoms with van der Waals surface area (Å²) in [5, 5.41) is 0. The highest BCUT2D eigenvalue weighted by Gasteiger charge is 2.32. The Labute approximate surface area is 204 Å². The Morgan fingerprint density at radius 1 is 1.21 bits per heavy atom. The quantitative estimate of drug-likeness (QED) is 0.266. The smallest absolute Gasteiger partial charge is 0.267 e. The number of amides is 1. The minimum absolute atomic E-state index is 0.168. The Hall–Kier alpha value is -2.23. The Morgan fingerprint density at radius 2 is 1.94 bits per heavy atom. The molecule has 0 radical (unpaired) electrons. The van der Waals surface area contributed by atoms with Gasteiger partial charge in [-0.1, -0.05) is 43.9 Å². The van der Waals surface area contributed by atoms with Crippen molar-refractivity contribution in [1.82, 2.24) is 14.3 Å². The van der Waals surface area contributed by atoms with Crippen molar-refractivity contribution < 1.29 is 9.53 Å². The van der Waals surface area contributed by atoms with Gasteiger partial charge in [-0.2, -0.15) is 0 Å². The van der Waals surface area contributed by atoms with Crippen molar-refractivity contribution in [3.05, 3.63) is 44.7 Å². The number of thioether (sulfide) groups is 1. The summed E-state index contributed by atoms with van der Waals surface area (Å²) in [6.07, 6.45) is 5.97. The first kappa shape index (κ1) is 25.4. The molecule has 0 unspecified atom stereocenters. The van der Waals surface area contributed by atoms with Crippen LogP contribution in [0.5, 0.6) is 0 Å². The number of anilines is 1. The zero-order valence-electron chi connectivity index (χ0n) is 19.8. The largest absolute Gasteiger partial charge is 0.382 e. The van der Waals surface area contributed by atoms with Crippen LogP contribution in [0.3, 0.4) is 0 Å². The summed E-state index contributed by atoms with van der Waals surface area (Å²) in [5.74, 6) is 0.457. The molecule has 9 heteroatoms. The summed E-state index contributed by atoms with van der Waals surface area (Å²) in [5.41, 5.74) is 1.80. The van der Waals surface area contributed by atoms with Crippen LogP contribution in [0, 0.1) is 6.92 Å². The zero-order chi connectivity index (χ0) is 24.0. The molecule has 3 rings (SSSR count). The molecule has 1 fully saturated rings. The highest BCUT2D eigenvalue weighted by atomic mass is 32.2. The van der Waals surface area contributed by atoms with Crippen molar-refractivity contribution >= 4 is 51.7 Å². The van der Waals surface area contributed by atoms with E-state index in [0.29, 0.717) is 52.4 Å². The number of pyridine rings is 1. The van der Waals surface area contributed by atoms with Gasteiger partial charge in [0.1, 0.15) is 15.8 Å². The van der Waals surface area contributed by atoms with Crippen molar-refractivity contribution in [2.24, 2.45) is 0 Å². The minimum Gasteiger partial charge on any atom is -0.382 e. The first-order chi connectivity index (χ1) is 15.9. The molecule has 2 aromatic heterocycles. The Kier molecular flexibility index (Phi) is 9.05. The molecule has 1 saturated heterocycles. The SMILES string of the molecule is CCCN(CCC)c1nc2c(C)cccn2c(=O)c1C=C1SC(=S)N(CCCOCC)C1=O. The summed E-state index contributed by atoms with van der Waals surface area (Å²) in [7, 11) is 0. The van der Waals surface area contributed by atoms with Crippen LogP contribution in [-0.2, 0) is 9.53 Å². The predicted molar refractivity (Wildman–Crippen MR) is 140 cm³/mol. The van der Waals surface area contributed by atoms with E-state index in [1.54, 1.807) is 21.6 Å². The zero-order valence-corrected chi connectivity index (χ0v) is 21.4. The molecule has 0 aliphatic carbocycles. The third kappa shape index (κ3) is 5.65. The average molecular weight is 489 g/mol. The molecule has 33 heavy (non-hydrogen) atoms. The number of aromatic nitrogens is 2. The van der Waals surface area contributed by atoms with Gasteiger partial charge in [-0.25, -0.2) is 4.98 Å². The minimum atomic E-state index is -0.183. The molecule has 0 atom stereocenters. The summed E-state index contributed by atoms with van der Waals surface area (Å²) in [4.78, 5) is 35.8. The fourth-order valence-electron chi connectivity index (χ4n) is 3.82. The van der Waals surface area contributed by atoms with E-state index in [4.69, 9.17) is 21.9 Å². The topological polar surface area (TPSA) is 67.2 Å². The van der Waals surface area contributed by atoms with Crippen LogP contribution in [0.15, 0.2) is 28.0 Å². The fourth-order valence-corrected chi connectivity index (χ4v) is 5.11. The van der Waals surface area contributed by atoms with Gasteiger partial charge < -0.3 is 9.64 Å². The molecule has 1 aliphatic heterocycles. The highest BCUT2D eigenvalue weighted by molar-refractivity contribution is 8.26. The normalized spacial score (nSPS) is 15.3. The van der Waals surface area contributed by atoms with Gasteiger partial charge >= 0.3 is 0 Å². The van der Waals surface area contributed by atoms with E-state index in [1.165, 1.54) is 11.8 Å². The lowest BCUT2D eigenvalue weighted by atomic mass is 10.2. The van der Waals surface area contributed by atoms with Gasteiger partial charge in [0, 0.05) is 39.0 Å². The molecule has 0 N–H and O–H groups in total. The molecular formula is C24H32N4O3S2. The predicted octanol–water partition coefficient (Wildman–Crippen LogP) is 4.26. The number of aryl methyl sites for hydroxylation is 1. The molecule has 1 aliphatic rings. The lowest BCUT2D eigenvalue weighted by molar-refractivity contribution is -0.122. The highest BCUT2D eigenvalue weighted by Crippen LogP contribution is 2.33. The molecule has 7 nitrogen and oxygen atoms in total. The second-order valence-electron chi connectivity index (χ2n) is 7.91. The molecule has 0 aromatic carbocycles. The van der Waals surface area contributed by atoms with Gasteiger partial charge in [0.05, 0.1) is 10.5 Å². The van der Waals surface area contributed by atoms with Gasteiger partial charge in [-0.05, 0) is 50.8 Å². The maximum Gasteiger partial charge on any atom is 0.267 e. The van der Waals surface area contributed by atoms with Crippen molar-refractivity contribution in [3.8, 4) is 0 Å². The van der Waals surface area contributed by atoms with E-state index in [9.17, 15) is 9.59 Å². The fraction of sp³-hybridized carbons (Fsp3) is 0.500. The maximum absolute atomic E-state index is 13.6. The summed E-state index contributed by atoms with van der Waals surface area (Å²) >= 11 is 6.70. The van der Waals surface area contributed by atoms with Crippen LogP contribution in [0.1, 0.15) is 51.2 Å². The maximum atomic E-state index is 13.6. The van der Waals surface area contributed by atoms with Gasteiger partial charge in [0.15, 0.2) is 0 Å². The Bertz CT molecular complexity index is 1110. The van der Waals surface area contributed by atoms with Gasteiger partial charge in [0.25, 0.3) is 11.5 Å². The monoisotopic (exact) mass is 488 g/mol. The van der Waals surface area contributed by atoms with E-state index < -0.39 is 0 Å². The third-order valence-electron chi connectivity index (χ3n) is 5.37. The van der Waals surface area contributed by atoms with E-state index in [2.05, 4.69) is 18.7 Å². The Morgan fingerprint density at radius 3 is 2.61 bits per heavy atom. The van der Waals surface area contributed by atoms with Crippen molar-refractivity contribution in [3.63, 3.8) is 0 Å². The van der Waals surface area contributed by atoms with Crippen LogP contribution in [-0.4, -0.2) is 57.4 Å². The molecule has 0 bridgehead atoms. The van der Waals surface area contributed by atoms with Gasteiger partial charge in [-0.3, -0.25) is 18.9 Å². The van der Waals surface area contributed by atoms with E-state index >= 15 is 0 Å². The van der Waals surface area contributed by atoms with Crippen LogP contribution in [0.4, 0.5) is 5.82 Å². The van der Waals surface area contributed by atoms with Crippen LogP contribution in [0.2, 0.25) is 0 Å². The lowest BCUT2D eigenvalue weighted by Crippen LogP contribution is -2.31. The second kappa shape index (κ2) is 11.8. The van der Waals surface area contributed by atoms with Gasteiger partial charge in [-0.15, -0.1) is 0 Å². The standard InChI is InChI=1S/C24H32N4O3S2/c1-5-11-26(12-6-2)21-18(22(29)27-13-8-10-17(4)20(27)25-21)16-19-23(30)28(24(32)33-19)14-9-15-31-7-3/h8,10,13,16H,5-7,9,11-12,14-15H2,1-4H3. The van der Waals surface area contributed by atoms with Crippen LogP contribution >= 0.6 is 24.0 Å². The van der Waals surface area contributed by atoms with Crippen molar-refractivity contribution in [1.29, 1.82) is 0 Å². The first-order valence-electron chi connectivity index (χ1n) is 11.5. The number of carbonyl (C=O) groups is 1. The van der Waals surface area contributed by atoms with Crippen molar-refractivity contribution in [2.45, 2.75) is 47.0 Å². The number of carbonyl (C=O) groups excluding carboxylic acids is 1. The van der Waals surface area contributed by atoms with Crippen LogP contribution < -0.4 is 10.5 Å². The lowest BCUT2D eigenvalue weighted by Gasteiger charge is -2.25. The number of ether oxygens (including phenoxy) is 1. The number of rotatable bonds is 11. The molecule has 178 valence electrons. The Balaban J connectivity index is 2.07. The van der Waals surface area contributed by atoms with Gasteiger partial charge in [0.2, 0.25) is 0 Å². The van der Waals surface area contributed by atoms with E-state index in [1.807, 2.05) is 26.0 Å². The molecule has 0 spiro atoms. The molecular weight excluding hydrogens is 456 g/mol. The summed E-state index contributed by atoms with van der Waals surface area (Å²) in [6, 6.07) is 3.78. The first-order valence-corrected chi connectivity index (χ1v) is 12.7. The second-order valence-corrected chi connectivity index (χ2v) is 9.59. The van der Waals surface area contributed by atoms with E-state index in [-0.39, 0.29) is 11.5 Å². The summed E-state index contributed by atoms with van der Waals surface area (Å²) in [6.45, 7) is 11.4. The molecule has 2 aromatic rings. The summed E-state index contributed by atoms with van der Waals surface area (Å²) < 4.78 is 7.45. The molecule has 1 amide bonds. The number of hydrogen-bond donors (Lipinski definition) is 0. The third-order valence-corrected chi connectivity index (χ3v) is 6.75. The molecule has 3 heterocycles.